The summed E-state index contributed by atoms with van der Waals surface area (Å²) in [4.78, 5) is 62.5. The highest BCUT2D eigenvalue weighted by atomic mass is 32.1. The summed E-state index contributed by atoms with van der Waals surface area (Å²) >= 11 is 7.86. The van der Waals surface area contributed by atoms with E-state index in [4.69, 9.17) is 22.0 Å². The Balaban J connectivity index is 5.73. The predicted octanol–water partition coefficient (Wildman–Crippen LogP) is -3.11. The molecular weight excluding hydrogens is 552 g/mol. The van der Waals surface area contributed by atoms with Gasteiger partial charge in [-0.25, -0.2) is 4.79 Å². The lowest BCUT2D eigenvalue weighted by molar-refractivity contribution is -0.142. The van der Waals surface area contributed by atoms with Gasteiger partial charge in [0.1, 0.15) is 24.2 Å². The van der Waals surface area contributed by atoms with Gasteiger partial charge in [-0.3, -0.25) is 24.6 Å². The third kappa shape index (κ3) is 14.3. The third-order valence-corrected chi connectivity index (χ3v) is 6.11. The van der Waals surface area contributed by atoms with Crippen molar-refractivity contribution in [1.82, 2.24) is 26.6 Å². The molecule has 6 atom stereocenters. The lowest BCUT2D eigenvalue weighted by atomic mass is 10.0. The number of carboxylic acid groups (broad SMARTS) is 1. The molecule has 0 aromatic carbocycles. The summed E-state index contributed by atoms with van der Waals surface area (Å²) in [7, 11) is 0. The number of nitrogens with two attached hydrogens (primary N) is 2. The van der Waals surface area contributed by atoms with E-state index in [1.54, 1.807) is 13.8 Å². The minimum atomic E-state index is -1.52. The number of aliphatic hydroxyl groups is 1. The van der Waals surface area contributed by atoms with E-state index in [1.165, 1.54) is 6.92 Å². The largest absolute Gasteiger partial charge is 0.480 e. The highest BCUT2D eigenvalue weighted by molar-refractivity contribution is 7.80. The van der Waals surface area contributed by atoms with E-state index in [1.807, 2.05) is 0 Å². The molecule has 0 spiro atoms. The summed E-state index contributed by atoms with van der Waals surface area (Å²) < 4.78 is 0. The summed E-state index contributed by atoms with van der Waals surface area (Å²) in [6.07, 6.45) is -0.813. The summed E-state index contributed by atoms with van der Waals surface area (Å²) in [5, 5.41) is 38.7. The first-order valence-electron chi connectivity index (χ1n) is 12.3. The minimum Gasteiger partial charge on any atom is -0.480 e. The van der Waals surface area contributed by atoms with Gasteiger partial charge in [-0.2, -0.15) is 25.3 Å². The lowest BCUT2D eigenvalue weighted by Gasteiger charge is -2.28. The van der Waals surface area contributed by atoms with Crippen molar-refractivity contribution in [3.05, 3.63) is 0 Å². The van der Waals surface area contributed by atoms with Crippen LogP contribution in [-0.2, 0) is 24.0 Å². The number of aliphatic hydroxyl groups excluding tert-OH is 1. The number of amides is 4. The predicted molar refractivity (Wildman–Crippen MR) is 151 cm³/mol. The number of rotatable bonds is 18. The molecule has 0 aromatic heterocycles. The van der Waals surface area contributed by atoms with E-state index in [-0.39, 0.29) is 42.8 Å². The van der Waals surface area contributed by atoms with E-state index in [2.05, 4.69) is 51.8 Å². The van der Waals surface area contributed by atoms with Crippen molar-refractivity contribution in [2.24, 2.45) is 17.4 Å². The number of carboxylic acids is 1. The topological polar surface area (TPSA) is 262 Å². The van der Waals surface area contributed by atoms with Gasteiger partial charge in [0.15, 0.2) is 5.96 Å². The zero-order valence-electron chi connectivity index (χ0n) is 22.3. The average Bonchev–Trinajstić information content (AvgIpc) is 2.85. The minimum absolute atomic E-state index is 0.0309. The molecule has 0 unspecified atom stereocenters. The van der Waals surface area contributed by atoms with Crippen molar-refractivity contribution in [1.29, 1.82) is 5.41 Å². The molecule has 0 saturated carbocycles. The van der Waals surface area contributed by atoms with Crippen molar-refractivity contribution < 1.29 is 34.2 Å². The van der Waals surface area contributed by atoms with E-state index < -0.39 is 65.9 Å². The zero-order chi connectivity index (χ0) is 30.3. The molecule has 0 aliphatic carbocycles. The molecule has 4 amide bonds. The smallest absolute Gasteiger partial charge is 0.327 e. The maximum atomic E-state index is 13.2. The van der Waals surface area contributed by atoms with Gasteiger partial charge in [-0.05, 0) is 32.1 Å². The van der Waals surface area contributed by atoms with E-state index in [0.29, 0.717) is 6.42 Å². The fraction of sp³-hybridized carbons (Fsp3) is 0.727. The third-order valence-electron chi connectivity index (χ3n) is 5.35. The second-order valence-electron chi connectivity index (χ2n) is 9.33. The molecule has 0 bridgehead atoms. The van der Waals surface area contributed by atoms with Crippen LogP contribution in [0.5, 0.6) is 0 Å². The molecule has 0 aliphatic heterocycles. The molecule has 15 nitrogen and oxygen atoms in total. The number of carbonyl (C=O) groups is 5. The summed E-state index contributed by atoms with van der Waals surface area (Å²) in [6, 6.07) is -6.11. The molecule has 0 fully saturated rings. The molecule has 0 aliphatic rings. The SMILES string of the molecule is CC(C)C[C@H](NC(=O)[C@H](CCCNC(=N)N)NC(=O)[C@@H](N)CS)C(=O)N[C@H](C(=O)N[C@@H](CS)C(=O)O)[C@@H](C)O. The molecule has 224 valence electrons. The number of aliphatic carboxylic acids is 1. The fourth-order valence-electron chi connectivity index (χ4n) is 3.24. The number of hydrogen-bond acceptors (Lipinski definition) is 10. The standard InChI is InChI=1S/C22H42N8O7S2/c1-10(2)7-14(19(34)30-16(11(3)31)20(35)29-15(9-39)21(36)37)28-18(33)13(5-4-6-26-22(24)25)27-17(32)12(23)8-38/h10-16,31,38-39H,4-9,23H2,1-3H3,(H,27,32)(H,28,33)(H,29,35)(H,30,34)(H,36,37)(H4,24,25,26)/t11-,12+,13+,14+,15+,16+/m1/s1. The van der Waals surface area contributed by atoms with Crippen molar-refractivity contribution in [3.8, 4) is 0 Å². The van der Waals surface area contributed by atoms with Gasteiger partial charge < -0.3 is 48.3 Å². The number of guanidine groups is 1. The van der Waals surface area contributed by atoms with Crippen LogP contribution in [0.2, 0.25) is 0 Å². The van der Waals surface area contributed by atoms with Crippen LogP contribution in [0.4, 0.5) is 0 Å². The molecule has 0 heterocycles. The van der Waals surface area contributed by atoms with E-state index in [9.17, 15) is 29.1 Å². The molecular formula is C22H42N8O7S2. The second-order valence-corrected chi connectivity index (χ2v) is 10.1. The van der Waals surface area contributed by atoms with Crippen molar-refractivity contribution in [3.63, 3.8) is 0 Å². The first-order valence-corrected chi connectivity index (χ1v) is 13.6. The number of thiol groups is 2. The summed E-state index contributed by atoms with van der Waals surface area (Å²) in [5.74, 6) is -4.96. The van der Waals surface area contributed by atoms with Crippen LogP contribution < -0.4 is 38.1 Å². The Morgan fingerprint density at radius 2 is 1.38 bits per heavy atom. The molecule has 0 radical (unpaired) electrons. The highest BCUT2D eigenvalue weighted by Gasteiger charge is 2.33. The van der Waals surface area contributed by atoms with Crippen molar-refractivity contribution in [2.45, 2.75) is 76.3 Å². The Morgan fingerprint density at radius 1 is 0.846 bits per heavy atom. The van der Waals surface area contributed by atoms with Crippen LogP contribution in [-0.4, -0.2) is 100 Å². The quantitative estimate of drug-likeness (QED) is 0.0329. The number of carbonyl (C=O) groups excluding carboxylic acids is 4. The average molecular weight is 595 g/mol. The Hall–Kier alpha value is -2.76. The van der Waals surface area contributed by atoms with Gasteiger partial charge in [0, 0.05) is 18.1 Å². The molecule has 12 N–H and O–H groups in total. The van der Waals surface area contributed by atoms with Crippen LogP contribution in [0.15, 0.2) is 0 Å². The maximum Gasteiger partial charge on any atom is 0.327 e. The molecule has 17 heteroatoms. The fourth-order valence-corrected chi connectivity index (χ4v) is 3.65. The number of nitrogens with one attached hydrogen (secondary N) is 6. The van der Waals surface area contributed by atoms with Crippen LogP contribution in [0.25, 0.3) is 0 Å². The van der Waals surface area contributed by atoms with Crippen LogP contribution in [0.3, 0.4) is 0 Å². The Morgan fingerprint density at radius 3 is 1.85 bits per heavy atom. The summed E-state index contributed by atoms with van der Waals surface area (Å²) in [5.41, 5.74) is 11.0. The lowest BCUT2D eigenvalue weighted by Crippen LogP contribution is -2.60. The monoisotopic (exact) mass is 594 g/mol. The molecule has 39 heavy (non-hydrogen) atoms. The van der Waals surface area contributed by atoms with Gasteiger partial charge in [0.25, 0.3) is 0 Å². The van der Waals surface area contributed by atoms with Gasteiger partial charge >= 0.3 is 5.97 Å². The summed E-state index contributed by atoms with van der Waals surface area (Å²) in [6.45, 7) is 5.09. The Labute approximate surface area is 238 Å². The molecule has 0 aromatic rings. The number of hydrogen-bond donors (Lipinski definition) is 12. The Bertz CT molecular complexity index is 862. The normalized spacial score (nSPS) is 15.6. The molecule has 0 saturated heterocycles. The highest BCUT2D eigenvalue weighted by Crippen LogP contribution is 2.08. The second kappa shape index (κ2) is 18.5. The van der Waals surface area contributed by atoms with E-state index >= 15 is 0 Å². The van der Waals surface area contributed by atoms with Gasteiger partial charge in [-0.15, -0.1) is 0 Å². The van der Waals surface area contributed by atoms with Gasteiger partial charge in [0.2, 0.25) is 23.6 Å². The van der Waals surface area contributed by atoms with Crippen LogP contribution in [0.1, 0.15) is 40.0 Å². The van der Waals surface area contributed by atoms with E-state index in [0.717, 1.165) is 0 Å². The molecule has 0 rings (SSSR count). The maximum absolute atomic E-state index is 13.2. The first kappa shape index (κ1) is 36.2. The zero-order valence-corrected chi connectivity index (χ0v) is 24.1. The van der Waals surface area contributed by atoms with Crippen molar-refractivity contribution >= 4 is 60.8 Å². The first-order chi connectivity index (χ1) is 18.1. The van der Waals surface area contributed by atoms with Crippen molar-refractivity contribution in [2.75, 3.05) is 18.1 Å². The van der Waals surface area contributed by atoms with Gasteiger partial charge in [-0.1, -0.05) is 13.8 Å². The Kier molecular flexibility index (Phi) is 17.2. The van der Waals surface area contributed by atoms with Gasteiger partial charge in [0.05, 0.1) is 12.1 Å². The van der Waals surface area contributed by atoms with Crippen LogP contribution >= 0.6 is 25.3 Å². The van der Waals surface area contributed by atoms with Crippen LogP contribution in [0, 0.1) is 11.3 Å².